The molecule has 2 atom stereocenters. The summed E-state index contributed by atoms with van der Waals surface area (Å²) >= 11 is 1.62. The third kappa shape index (κ3) is 3.03. The molecule has 1 aromatic carbocycles. The molecule has 106 valence electrons. The minimum atomic E-state index is -0.420. The second-order valence-electron chi connectivity index (χ2n) is 5.10. The van der Waals surface area contributed by atoms with E-state index in [1.165, 1.54) is 5.56 Å². The van der Waals surface area contributed by atoms with E-state index in [1.54, 1.807) is 11.3 Å². The van der Waals surface area contributed by atoms with Crippen LogP contribution >= 0.6 is 11.3 Å². The van der Waals surface area contributed by atoms with Crippen molar-refractivity contribution >= 4 is 11.3 Å². The van der Waals surface area contributed by atoms with E-state index in [0.29, 0.717) is 12.5 Å². The number of aliphatic hydroxyl groups is 1. The number of thiophene rings is 1. The van der Waals surface area contributed by atoms with Crippen LogP contribution in [0.15, 0.2) is 41.1 Å². The Morgan fingerprint density at radius 2 is 2.25 bits per heavy atom. The lowest BCUT2D eigenvalue weighted by Crippen LogP contribution is -2.29. The van der Waals surface area contributed by atoms with E-state index >= 15 is 0 Å². The quantitative estimate of drug-likeness (QED) is 0.889. The minimum Gasteiger partial charge on any atom is -0.493 e. The number of rotatable bonds is 5. The van der Waals surface area contributed by atoms with E-state index in [1.807, 2.05) is 29.0 Å². The van der Waals surface area contributed by atoms with Crippen LogP contribution in [-0.2, 0) is 0 Å². The Balaban J connectivity index is 1.55. The van der Waals surface area contributed by atoms with Crippen LogP contribution in [0.3, 0.4) is 0 Å². The lowest BCUT2D eigenvalue weighted by Gasteiger charge is -2.26. The van der Waals surface area contributed by atoms with Crippen molar-refractivity contribution in [2.24, 2.45) is 0 Å². The zero-order valence-electron chi connectivity index (χ0n) is 11.3. The van der Waals surface area contributed by atoms with Crippen molar-refractivity contribution in [3.63, 3.8) is 0 Å². The molecule has 20 heavy (non-hydrogen) atoms. The summed E-state index contributed by atoms with van der Waals surface area (Å²) in [6.45, 7) is 2.24. The standard InChI is InChI=1S/C16H19NO2S/c18-15(13-6-8-20-11-13)10-17-9-12-5-7-19-16-4-2-1-3-14(12)16/h1-4,6,8,11-12,15,17-18H,5,7,9-10H2. The molecule has 0 spiro atoms. The first kappa shape index (κ1) is 13.6. The van der Waals surface area contributed by atoms with Gasteiger partial charge in [0.05, 0.1) is 12.7 Å². The summed E-state index contributed by atoms with van der Waals surface area (Å²) in [7, 11) is 0. The van der Waals surface area contributed by atoms with Crippen molar-refractivity contribution in [2.45, 2.75) is 18.4 Å². The fraction of sp³-hybridized carbons (Fsp3) is 0.375. The summed E-state index contributed by atoms with van der Waals surface area (Å²) in [5, 5.41) is 17.4. The molecule has 2 heterocycles. The number of nitrogens with one attached hydrogen (secondary N) is 1. The number of ether oxygens (including phenoxy) is 1. The predicted molar refractivity (Wildman–Crippen MR) is 81.4 cm³/mol. The van der Waals surface area contributed by atoms with Gasteiger partial charge < -0.3 is 15.2 Å². The molecule has 1 aliphatic rings. The summed E-state index contributed by atoms with van der Waals surface area (Å²) in [6.07, 6.45) is 0.606. The highest BCUT2D eigenvalue weighted by Crippen LogP contribution is 2.32. The number of hydrogen-bond acceptors (Lipinski definition) is 4. The zero-order chi connectivity index (χ0) is 13.8. The largest absolute Gasteiger partial charge is 0.493 e. The Morgan fingerprint density at radius 3 is 3.10 bits per heavy atom. The Bertz CT molecular complexity index is 541. The zero-order valence-corrected chi connectivity index (χ0v) is 12.1. The van der Waals surface area contributed by atoms with Gasteiger partial charge >= 0.3 is 0 Å². The number of benzene rings is 1. The number of fused-ring (bicyclic) bond motifs is 1. The normalized spacial score (nSPS) is 19.1. The van der Waals surface area contributed by atoms with Gasteiger partial charge in [0, 0.05) is 19.0 Å². The van der Waals surface area contributed by atoms with E-state index in [2.05, 4.69) is 17.4 Å². The smallest absolute Gasteiger partial charge is 0.122 e. The molecule has 2 aromatic rings. The van der Waals surface area contributed by atoms with Crippen LogP contribution in [0.1, 0.15) is 29.6 Å². The average molecular weight is 289 g/mol. The summed E-state index contributed by atoms with van der Waals surface area (Å²) in [5.74, 6) is 1.47. The maximum absolute atomic E-state index is 10.1. The van der Waals surface area contributed by atoms with Crippen molar-refractivity contribution in [1.82, 2.24) is 5.32 Å². The van der Waals surface area contributed by atoms with Gasteiger partial charge in [-0.25, -0.2) is 0 Å². The van der Waals surface area contributed by atoms with Crippen LogP contribution in [0.4, 0.5) is 0 Å². The van der Waals surface area contributed by atoms with Gasteiger partial charge in [-0.15, -0.1) is 0 Å². The molecule has 1 aromatic heterocycles. The first-order valence-electron chi connectivity index (χ1n) is 6.97. The van der Waals surface area contributed by atoms with E-state index in [9.17, 15) is 5.11 Å². The van der Waals surface area contributed by atoms with Gasteiger partial charge in [0.25, 0.3) is 0 Å². The van der Waals surface area contributed by atoms with Gasteiger partial charge in [0.2, 0.25) is 0 Å². The summed E-state index contributed by atoms with van der Waals surface area (Å²) in [5.41, 5.74) is 2.27. The molecule has 4 heteroatoms. The third-order valence-electron chi connectivity index (χ3n) is 3.74. The van der Waals surface area contributed by atoms with E-state index in [0.717, 1.165) is 30.9 Å². The van der Waals surface area contributed by atoms with Crippen molar-refractivity contribution in [3.8, 4) is 5.75 Å². The van der Waals surface area contributed by atoms with Crippen molar-refractivity contribution < 1.29 is 9.84 Å². The SMILES string of the molecule is OC(CNCC1CCOc2ccccc21)c1ccsc1. The highest BCUT2D eigenvalue weighted by Gasteiger charge is 2.20. The van der Waals surface area contributed by atoms with E-state index in [-0.39, 0.29) is 0 Å². The summed E-state index contributed by atoms with van der Waals surface area (Å²) < 4.78 is 5.66. The molecule has 0 bridgehead atoms. The maximum atomic E-state index is 10.1. The molecule has 0 aliphatic carbocycles. The Labute approximate surface area is 123 Å². The van der Waals surface area contributed by atoms with Crippen molar-refractivity contribution in [1.29, 1.82) is 0 Å². The second kappa shape index (κ2) is 6.39. The molecule has 2 N–H and O–H groups in total. The van der Waals surface area contributed by atoms with Crippen molar-refractivity contribution in [3.05, 3.63) is 52.2 Å². The molecule has 0 fully saturated rings. The van der Waals surface area contributed by atoms with Gasteiger partial charge in [-0.3, -0.25) is 0 Å². The molecule has 0 saturated carbocycles. The van der Waals surface area contributed by atoms with Gasteiger partial charge in [0.1, 0.15) is 5.75 Å². The monoisotopic (exact) mass is 289 g/mol. The highest BCUT2D eigenvalue weighted by molar-refractivity contribution is 7.07. The van der Waals surface area contributed by atoms with Crippen molar-refractivity contribution in [2.75, 3.05) is 19.7 Å². The fourth-order valence-corrected chi connectivity index (χ4v) is 3.31. The van der Waals surface area contributed by atoms with Crippen LogP contribution < -0.4 is 10.1 Å². The van der Waals surface area contributed by atoms with Crippen LogP contribution in [-0.4, -0.2) is 24.8 Å². The van der Waals surface area contributed by atoms with E-state index in [4.69, 9.17) is 4.74 Å². The fourth-order valence-electron chi connectivity index (χ4n) is 2.60. The molecule has 3 nitrogen and oxygen atoms in total. The van der Waals surface area contributed by atoms with E-state index < -0.39 is 6.10 Å². The maximum Gasteiger partial charge on any atom is 0.122 e. The molecular formula is C16H19NO2S. The molecule has 0 amide bonds. The number of para-hydroxylation sites is 1. The number of aliphatic hydroxyl groups excluding tert-OH is 1. The molecule has 0 saturated heterocycles. The molecule has 1 aliphatic heterocycles. The Morgan fingerprint density at radius 1 is 1.35 bits per heavy atom. The molecular weight excluding hydrogens is 270 g/mol. The number of hydrogen-bond donors (Lipinski definition) is 2. The Kier molecular flexibility index (Phi) is 4.35. The van der Waals surface area contributed by atoms with Gasteiger partial charge in [-0.1, -0.05) is 18.2 Å². The topological polar surface area (TPSA) is 41.5 Å². The minimum absolute atomic E-state index is 0.420. The first-order chi connectivity index (χ1) is 9.84. The van der Waals surface area contributed by atoms with Crippen LogP contribution in [0.2, 0.25) is 0 Å². The summed E-state index contributed by atoms with van der Waals surface area (Å²) in [6, 6.07) is 10.2. The average Bonchev–Trinajstić information content (AvgIpc) is 3.02. The van der Waals surface area contributed by atoms with Gasteiger partial charge in [-0.2, -0.15) is 11.3 Å². The second-order valence-corrected chi connectivity index (χ2v) is 5.88. The molecule has 3 rings (SSSR count). The Hall–Kier alpha value is -1.36. The van der Waals surface area contributed by atoms with Crippen LogP contribution in [0.5, 0.6) is 5.75 Å². The van der Waals surface area contributed by atoms with Crippen LogP contribution in [0.25, 0.3) is 0 Å². The van der Waals surface area contributed by atoms with Gasteiger partial charge in [-0.05, 0) is 40.4 Å². The lowest BCUT2D eigenvalue weighted by atomic mass is 9.93. The van der Waals surface area contributed by atoms with Gasteiger partial charge in [0.15, 0.2) is 0 Å². The lowest BCUT2D eigenvalue weighted by molar-refractivity contribution is 0.173. The molecule has 2 unspecified atom stereocenters. The third-order valence-corrected chi connectivity index (χ3v) is 4.44. The highest BCUT2D eigenvalue weighted by atomic mass is 32.1. The summed E-state index contributed by atoms with van der Waals surface area (Å²) in [4.78, 5) is 0. The van der Waals surface area contributed by atoms with Crippen LogP contribution in [0, 0.1) is 0 Å². The first-order valence-corrected chi connectivity index (χ1v) is 7.91. The predicted octanol–water partition coefficient (Wildman–Crippen LogP) is 2.94. The molecule has 0 radical (unpaired) electrons.